The summed E-state index contributed by atoms with van der Waals surface area (Å²) in [7, 11) is 1.36. The quantitative estimate of drug-likeness (QED) is 0.298. The smallest absolute Gasteiger partial charge is 0.305 e. The van der Waals surface area contributed by atoms with Gasteiger partial charge in [-0.15, -0.1) is 0 Å². The molecule has 1 aromatic carbocycles. The monoisotopic (exact) mass is 303 g/mol. The molecule has 5 nitrogen and oxygen atoms in total. The maximum atomic E-state index is 12.0. The summed E-state index contributed by atoms with van der Waals surface area (Å²) in [6, 6.07) is 6.50. The Labute approximate surface area is 130 Å². The normalized spacial score (nSPS) is 9.86. The number of carbonyl (C=O) groups is 2. The summed E-state index contributed by atoms with van der Waals surface area (Å²) in [6.45, 7) is 3.45. The number of unbranched alkanes of at least 4 members (excludes halogenated alkanes) is 1. The highest BCUT2D eigenvalue weighted by atomic mass is 16.5. The maximum absolute atomic E-state index is 12.0. The van der Waals surface area contributed by atoms with E-state index in [0.717, 1.165) is 0 Å². The van der Waals surface area contributed by atoms with Crippen molar-refractivity contribution in [1.29, 1.82) is 0 Å². The van der Waals surface area contributed by atoms with Crippen LogP contribution in [0.3, 0.4) is 0 Å². The van der Waals surface area contributed by atoms with Crippen LogP contribution in [-0.4, -0.2) is 35.3 Å². The van der Waals surface area contributed by atoms with Crippen molar-refractivity contribution < 1.29 is 19.5 Å². The lowest BCUT2D eigenvalue weighted by Gasteiger charge is -2.18. The van der Waals surface area contributed by atoms with Crippen molar-refractivity contribution in [3.8, 4) is 11.8 Å². The second-order valence-electron chi connectivity index (χ2n) is 5.06. The Morgan fingerprint density at radius 1 is 1.36 bits per heavy atom. The molecule has 0 atom stereocenters. The first-order valence-electron chi connectivity index (χ1n) is 7.14. The molecule has 5 heteroatoms. The van der Waals surface area contributed by atoms with Gasteiger partial charge in [0.2, 0.25) is 0 Å². The van der Waals surface area contributed by atoms with E-state index in [1.807, 2.05) is 0 Å². The summed E-state index contributed by atoms with van der Waals surface area (Å²) >= 11 is 0. The van der Waals surface area contributed by atoms with Crippen LogP contribution in [-0.2, 0) is 9.53 Å². The molecule has 0 aliphatic heterocycles. The molecule has 22 heavy (non-hydrogen) atoms. The summed E-state index contributed by atoms with van der Waals surface area (Å²) in [5.74, 6) is 5.20. The number of hydrogen-bond donors (Lipinski definition) is 1. The molecule has 0 aliphatic rings. The zero-order valence-electron chi connectivity index (χ0n) is 13.1. The highest BCUT2D eigenvalue weighted by Crippen LogP contribution is 2.09. The fraction of sp³-hybridized carbons (Fsp3) is 0.412. The Morgan fingerprint density at radius 2 is 2.09 bits per heavy atom. The molecule has 1 aromatic rings. The standard InChI is InChI=1S/C17H21NO4/c1-13(2)18(21)17(20)15-10-7-9-14(12-15)8-5-4-6-11-16(19)22-3/h7,9-10,12-13,21H,4,6,11H2,1-3H3. The molecule has 118 valence electrons. The number of esters is 1. The summed E-state index contributed by atoms with van der Waals surface area (Å²) in [5, 5.41) is 10.4. The van der Waals surface area contributed by atoms with Crippen LogP contribution in [0, 0.1) is 11.8 Å². The molecule has 0 unspecified atom stereocenters. The average molecular weight is 303 g/mol. The van der Waals surface area contributed by atoms with Crippen molar-refractivity contribution in [2.75, 3.05) is 7.11 Å². The van der Waals surface area contributed by atoms with Gasteiger partial charge in [-0.05, 0) is 38.5 Å². The Hall–Kier alpha value is -2.32. The Balaban J connectivity index is 2.65. The topological polar surface area (TPSA) is 66.8 Å². The molecule has 0 spiro atoms. The van der Waals surface area contributed by atoms with Gasteiger partial charge < -0.3 is 4.74 Å². The fourth-order valence-electron chi connectivity index (χ4n) is 1.68. The lowest BCUT2D eigenvalue weighted by atomic mass is 10.1. The Bertz CT molecular complexity index is 584. The first kappa shape index (κ1) is 17.7. The largest absolute Gasteiger partial charge is 0.469 e. The van der Waals surface area contributed by atoms with Crippen LogP contribution in [0.4, 0.5) is 0 Å². The van der Waals surface area contributed by atoms with Crippen molar-refractivity contribution in [2.24, 2.45) is 0 Å². The molecule has 1 amide bonds. The summed E-state index contributed by atoms with van der Waals surface area (Å²) in [4.78, 5) is 22.9. The molecule has 0 heterocycles. The number of methoxy groups -OCH3 is 1. The maximum Gasteiger partial charge on any atom is 0.305 e. The minimum atomic E-state index is -0.454. The molecule has 1 N–H and O–H groups in total. The molecule has 0 bridgehead atoms. The predicted octanol–water partition coefficient (Wildman–Crippen LogP) is 2.62. The summed E-state index contributed by atoms with van der Waals surface area (Å²) in [6.07, 6.45) is 1.55. The lowest BCUT2D eigenvalue weighted by molar-refractivity contribution is -0.140. The molecular formula is C17H21NO4. The average Bonchev–Trinajstić information content (AvgIpc) is 2.53. The second-order valence-corrected chi connectivity index (χ2v) is 5.06. The van der Waals surface area contributed by atoms with Crippen molar-refractivity contribution in [3.05, 3.63) is 35.4 Å². The Kier molecular flexibility index (Phi) is 7.14. The number of benzene rings is 1. The minimum absolute atomic E-state index is 0.244. The number of rotatable bonds is 5. The highest BCUT2D eigenvalue weighted by molar-refractivity contribution is 5.93. The summed E-state index contributed by atoms with van der Waals surface area (Å²) < 4.78 is 4.55. The van der Waals surface area contributed by atoms with E-state index in [1.54, 1.807) is 38.1 Å². The number of nitrogens with zero attached hydrogens (tertiary/aromatic N) is 1. The molecule has 0 fully saturated rings. The Morgan fingerprint density at radius 3 is 2.73 bits per heavy atom. The van der Waals surface area contributed by atoms with Crippen LogP contribution in [0.25, 0.3) is 0 Å². The van der Waals surface area contributed by atoms with Gasteiger partial charge >= 0.3 is 5.97 Å². The van der Waals surface area contributed by atoms with E-state index in [0.29, 0.717) is 35.5 Å². The molecular weight excluding hydrogens is 282 g/mol. The third-order valence-electron chi connectivity index (χ3n) is 2.95. The predicted molar refractivity (Wildman–Crippen MR) is 82.3 cm³/mol. The first-order chi connectivity index (χ1) is 10.5. The lowest BCUT2D eigenvalue weighted by Crippen LogP contribution is -2.33. The van der Waals surface area contributed by atoms with Gasteiger partial charge in [0.25, 0.3) is 5.91 Å². The van der Waals surface area contributed by atoms with Crippen molar-refractivity contribution in [2.45, 2.75) is 39.2 Å². The van der Waals surface area contributed by atoms with Crippen molar-refractivity contribution in [1.82, 2.24) is 5.06 Å². The SMILES string of the molecule is COC(=O)CCCC#Cc1cccc(C(=O)N(O)C(C)C)c1. The van der Waals surface area contributed by atoms with Gasteiger partial charge in [0.05, 0.1) is 13.2 Å². The van der Waals surface area contributed by atoms with Gasteiger partial charge in [0.1, 0.15) is 0 Å². The van der Waals surface area contributed by atoms with Crippen LogP contribution in [0.5, 0.6) is 0 Å². The van der Waals surface area contributed by atoms with Gasteiger partial charge in [-0.25, -0.2) is 5.06 Å². The van der Waals surface area contributed by atoms with E-state index in [-0.39, 0.29) is 12.0 Å². The second kappa shape index (κ2) is 8.85. The van der Waals surface area contributed by atoms with Crippen LogP contribution < -0.4 is 0 Å². The number of hydroxylamine groups is 2. The van der Waals surface area contributed by atoms with Crippen LogP contribution >= 0.6 is 0 Å². The van der Waals surface area contributed by atoms with Gasteiger partial charge in [-0.2, -0.15) is 0 Å². The molecule has 0 saturated carbocycles. The molecule has 0 saturated heterocycles. The van der Waals surface area contributed by atoms with Gasteiger partial charge in [0, 0.05) is 24.0 Å². The summed E-state index contributed by atoms with van der Waals surface area (Å²) in [5.41, 5.74) is 1.08. The third kappa shape index (κ3) is 5.58. The van der Waals surface area contributed by atoms with E-state index in [9.17, 15) is 14.8 Å². The van der Waals surface area contributed by atoms with E-state index < -0.39 is 5.91 Å². The number of carbonyl (C=O) groups excluding carboxylic acids is 2. The number of hydrogen-bond acceptors (Lipinski definition) is 4. The van der Waals surface area contributed by atoms with Crippen LogP contribution in [0.2, 0.25) is 0 Å². The van der Waals surface area contributed by atoms with E-state index in [1.165, 1.54) is 7.11 Å². The van der Waals surface area contributed by atoms with E-state index >= 15 is 0 Å². The van der Waals surface area contributed by atoms with E-state index in [4.69, 9.17) is 0 Å². The van der Waals surface area contributed by atoms with Crippen LogP contribution in [0.1, 0.15) is 49.0 Å². The molecule has 0 aliphatic carbocycles. The fourth-order valence-corrected chi connectivity index (χ4v) is 1.68. The van der Waals surface area contributed by atoms with Gasteiger partial charge in [-0.3, -0.25) is 14.8 Å². The van der Waals surface area contributed by atoms with Gasteiger partial charge in [0.15, 0.2) is 0 Å². The molecule has 0 radical (unpaired) electrons. The highest BCUT2D eigenvalue weighted by Gasteiger charge is 2.16. The van der Waals surface area contributed by atoms with Crippen molar-refractivity contribution >= 4 is 11.9 Å². The number of ether oxygens (including phenoxy) is 1. The zero-order valence-corrected chi connectivity index (χ0v) is 13.1. The minimum Gasteiger partial charge on any atom is -0.469 e. The molecule has 0 aromatic heterocycles. The zero-order chi connectivity index (χ0) is 16.5. The van der Waals surface area contributed by atoms with Gasteiger partial charge in [-0.1, -0.05) is 17.9 Å². The molecule has 1 rings (SSSR count). The van der Waals surface area contributed by atoms with Crippen molar-refractivity contribution in [3.63, 3.8) is 0 Å². The van der Waals surface area contributed by atoms with E-state index in [2.05, 4.69) is 16.6 Å². The third-order valence-corrected chi connectivity index (χ3v) is 2.95. The first-order valence-corrected chi connectivity index (χ1v) is 7.14. The number of amides is 1. The van der Waals surface area contributed by atoms with Crippen LogP contribution in [0.15, 0.2) is 24.3 Å².